The molecular weight excluding hydrogens is 316 g/mol. The predicted molar refractivity (Wildman–Crippen MR) is 101 cm³/mol. The number of benzene rings is 2. The van der Waals surface area contributed by atoms with E-state index in [0.29, 0.717) is 5.69 Å². The van der Waals surface area contributed by atoms with Crippen LogP contribution in [0.3, 0.4) is 0 Å². The molecule has 2 N–H and O–H groups in total. The van der Waals surface area contributed by atoms with Gasteiger partial charge < -0.3 is 10.0 Å². The van der Waals surface area contributed by atoms with Crippen LogP contribution in [0, 0.1) is 0 Å². The Morgan fingerprint density at radius 3 is 2.84 bits per heavy atom. The van der Waals surface area contributed by atoms with Crippen molar-refractivity contribution < 1.29 is 15.0 Å². The lowest BCUT2D eigenvalue weighted by atomic mass is 10.00. The van der Waals surface area contributed by atoms with Crippen molar-refractivity contribution in [2.45, 2.75) is 0 Å². The largest absolute Gasteiger partial charge is 0.506 e. The molecule has 5 nitrogen and oxygen atoms in total. The molecule has 2 aromatic rings. The number of rotatable bonds is 5. The normalized spacial score (nSPS) is 15.0. The van der Waals surface area contributed by atoms with Gasteiger partial charge in [-0.25, -0.2) is 10.4 Å². The van der Waals surface area contributed by atoms with Crippen molar-refractivity contribution in [3.05, 3.63) is 78.0 Å². The minimum absolute atomic E-state index is 0.0831. The first-order valence-electron chi connectivity index (χ1n) is 7.86. The molecule has 0 aliphatic carbocycles. The minimum atomic E-state index is 0.0831. The van der Waals surface area contributed by atoms with E-state index in [1.54, 1.807) is 12.1 Å². The molecule has 5 heteroatoms. The number of phenolic OH excluding ortho intramolecular Hbond substituents is 1. The monoisotopic (exact) mass is 336 g/mol. The quantitative estimate of drug-likeness (QED) is 0.483. The van der Waals surface area contributed by atoms with Gasteiger partial charge in [-0.05, 0) is 35.4 Å². The molecule has 0 spiro atoms. The van der Waals surface area contributed by atoms with Gasteiger partial charge in [0, 0.05) is 24.5 Å². The van der Waals surface area contributed by atoms with Crippen LogP contribution in [0.1, 0.15) is 11.1 Å². The zero-order chi connectivity index (χ0) is 17.6. The maximum Gasteiger partial charge on any atom is 0.141 e. The summed E-state index contributed by atoms with van der Waals surface area (Å²) in [5.41, 5.74) is 7.39. The first-order chi connectivity index (χ1) is 12.2. The smallest absolute Gasteiger partial charge is 0.141 e. The second-order valence-corrected chi connectivity index (χ2v) is 5.55. The van der Waals surface area contributed by atoms with Crippen molar-refractivity contribution in [1.29, 1.82) is 0 Å². The summed E-state index contributed by atoms with van der Waals surface area (Å²) in [6.45, 7) is 0. The zero-order valence-corrected chi connectivity index (χ0v) is 14.1. The Morgan fingerprint density at radius 2 is 2.00 bits per heavy atom. The number of nitrogens with one attached hydrogen (secondary N) is 1. The van der Waals surface area contributed by atoms with Crippen LogP contribution in [0.5, 0.6) is 5.75 Å². The first-order valence-corrected chi connectivity index (χ1v) is 7.86. The molecule has 1 heterocycles. The van der Waals surface area contributed by atoms with Gasteiger partial charge in [0.05, 0.1) is 7.11 Å². The van der Waals surface area contributed by atoms with Gasteiger partial charge >= 0.3 is 0 Å². The Labute approximate surface area is 147 Å². The number of para-hydroxylation sites is 1. The van der Waals surface area contributed by atoms with Gasteiger partial charge in [0.1, 0.15) is 11.4 Å². The molecule has 0 radical (unpaired) electrons. The number of fused-ring (bicyclic) bond motifs is 1. The Kier molecular flexibility index (Phi) is 5.18. The molecule has 0 saturated heterocycles. The van der Waals surface area contributed by atoms with Crippen molar-refractivity contribution in [3.63, 3.8) is 0 Å². The number of nitrogens with zero attached hydrogens (tertiary/aromatic N) is 1. The van der Waals surface area contributed by atoms with Crippen molar-refractivity contribution in [2.75, 3.05) is 24.5 Å². The lowest BCUT2D eigenvalue weighted by Crippen LogP contribution is -2.13. The molecule has 0 atom stereocenters. The Bertz CT molecular complexity index is 841. The predicted octanol–water partition coefficient (Wildman–Crippen LogP) is 4.36. The van der Waals surface area contributed by atoms with Gasteiger partial charge in [-0.1, -0.05) is 42.5 Å². The van der Waals surface area contributed by atoms with Gasteiger partial charge in [-0.2, -0.15) is 0 Å². The fraction of sp³-hybridized carbons (Fsp3) is 0.100. The van der Waals surface area contributed by atoms with Gasteiger partial charge in [-0.15, -0.1) is 4.99 Å². The highest BCUT2D eigenvalue weighted by Gasteiger charge is 2.11. The number of hydrogen-bond donors (Lipinski definition) is 2. The maximum atomic E-state index is 9.78. The summed E-state index contributed by atoms with van der Waals surface area (Å²) < 4.78 is 0. The summed E-state index contributed by atoms with van der Waals surface area (Å²) in [5, 5.41) is 9.78. The third-order valence-corrected chi connectivity index (χ3v) is 3.89. The van der Waals surface area contributed by atoms with E-state index >= 15 is 0 Å². The van der Waals surface area contributed by atoms with Crippen LogP contribution in [0.15, 0.2) is 66.9 Å². The molecule has 0 bridgehead atoms. The van der Waals surface area contributed by atoms with Gasteiger partial charge in [0.15, 0.2) is 0 Å². The highest BCUT2D eigenvalue weighted by atomic mass is 17.3. The summed E-state index contributed by atoms with van der Waals surface area (Å²) in [7, 11) is 3.42. The standard InChI is InChI=1S/C20H20N2O3/c1-22-13-12-16(17-8-3-4-9-19(17)22)7-5-6-15-10-11-20(23)18(14-15)21-25-24-2/h3-14,21,23H,1-2H3/b6-5+,16-7+. The highest BCUT2D eigenvalue weighted by molar-refractivity contribution is 5.87. The fourth-order valence-corrected chi connectivity index (χ4v) is 2.62. The summed E-state index contributed by atoms with van der Waals surface area (Å²) >= 11 is 0. The van der Waals surface area contributed by atoms with Crippen LogP contribution >= 0.6 is 0 Å². The number of hydrogen-bond acceptors (Lipinski definition) is 5. The third kappa shape index (κ3) is 3.91. The third-order valence-electron chi connectivity index (χ3n) is 3.89. The minimum Gasteiger partial charge on any atom is -0.506 e. The van der Waals surface area contributed by atoms with Crippen LogP contribution in [0.25, 0.3) is 11.6 Å². The molecule has 0 unspecified atom stereocenters. The summed E-state index contributed by atoms with van der Waals surface area (Å²) in [6.07, 6.45) is 10.1. The van der Waals surface area contributed by atoms with Crippen LogP contribution in [-0.2, 0) is 9.88 Å². The molecule has 25 heavy (non-hydrogen) atoms. The van der Waals surface area contributed by atoms with Gasteiger partial charge in [0.25, 0.3) is 0 Å². The average Bonchev–Trinajstić information content (AvgIpc) is 2.64. The van der Waals surface area contributed by atoms with Gasteiger partial charge in [-0.3, -0.25) is 0 Å². The van der Waals surface area contributed by atoms with Crippen molar-refractivity contribution in [1.82, 2.24) is 0 Å². The van der Waals surface area contributed by atoms with Crippen molar-refractivity contribution >= 4 is 23.0 Å². The lowest BCUT2D eigenvalue weighted by molar-refractivity contribution is -0.248. The van der Waals surface area contributed by atoms with E-state index in [1.807, 2.05) is 43.6 Å². The van der Waals surface area contributed by atoms with E-state index in [4.69, 9.17) is 0 Å². The molecule has 1 aliphatic heterocycles. The van der Waals surface area contributed by atoms with Crippen molar-refractivity contribution in [3.8, 4) is 5.75 Å². The summed E-state index contributed by atoms with van der Waals surface area (Å²) in [5.74, 6) is 0.0831. The molecule has 1 aliphatic rings. The number of aromatic hydroxyl groups is 1. The maximum absolute atomic E-state index is 9.78. The molecule has 3 rings (SSSR count). The SMILES string of the molecule is COONc1cc(/C=C/C=C2\C=CN(C)c3ccccc32)ccc1O. The Hall–Kier alpha value is -3.02. The summed E-state index contributed by atoms with van der Waals surface area (Å²) in [4.78, 5) is 11.2. The molecule has 2 aromatic carbocycles. The first kappa shape index (κ1) is 16.8. The van der Waals surface area contributed by atoms with Crippen LogP contribution in [0.4, 0.5) is 11.4 Å². The summed E-state index contributed by atoms with van der Waals surface area (Å²) in [6, 6.07) is 13.5. The molecule has 0 fully saturated rings. The number of allylic oxidation sites excluding steroid dienone is 4. The topological polar surface area (TPSA) is 54.0 Å². The fourth-order valence-electron chi connectivity index (χ4n) is 2.62. The Balaban J connectivity index is 1.81. The van der Waals surface area contributed by atoms with Crippen LogP contribution < -0.4 is 10.4 Å². The zero-order valence-electron chi connectivity index (χ0n) is 14.1. The van der Waals surface area contributed by atoms with Crippen LogP contribution in [-0.4, -0.2) is 19.3 Å². The molecular formula is C20H20N2O3. The van der Waals surface area contributed by atoms with Gasteiger partial charge in [0.2, 0.25) is 0 Å². The van der Waals surface area contributed by atoms with Crippen molar-refractivity contribution in [2.24, 2.45) is 0 Å². The van der Waals surface area contributed by atoms with E-state index < -0.39 is 0 Å². The van der Waals surface area contributed by atoms with E-state index in [1.165, 1.54) is 18.4 Å². The number of phenols is 1. The van der Waals surface area contributed by atoms with E-state index in [0.717, 1.165) is 11.1 Å². The second-order valence-electron chi connectivity index (χ2n) is 5.55. The van der Waals surface area contributed by atoms with Crippen LogP contribution in [0.2, 0.25) is 0 Å². The average molecular weight is 336 g/mol. The molecule has 128 valence electrons. The second kappa shape index (κ2) is 7.70. The molecule has 0 saturated carbocycles. The van der Waals surface area contributed by atoms with E-state index in [-0.39, 0.29) is 5.75 Å². The Morgan fingerprint density at radius 1 is 1.16 bits per heavy atom. The molecule has 0 amide bonds. The number of anilines is 2. The van der Waals surface area contributed by atoms with E-state index in [2.05, 4.69) is 44.5 Å². The molecule has 0 aromatic heterocycles. The van der Waals surface area contributed by atoms with E-state index in [9.17, 15) is 5.11 Å². The highest BCUT2D eigenvalue weighted by Crippen LogP contribution is 2.31. The lowest BCUT2D eigenvalue weighted by Gasteiger charge is -2.23.